The zero-order chi connectivity index (χ0) is 16.8. The van der Waals surface area contributed by atoms with Gasteiger partial charge in [-0.3, -0.25) is 0 Å². The van der Waals surface area contributed by atoms with Crippen LogP contribution >= 0.6 is 0 Å². The van der Waals surface area contributed by atoms with E-state index in [0.29, 0.717) is 24.4 Å². The van der Waals surface area contributed by atoms with E-state index < -0.39 is 0 Å². The van der Waals surface area contributed by atoms with E-state index in [9.17, 15) is 9.59 Å². The molecule has 2 amide bonds. The number of rotatable bonds is 6. The van der Waals surface area contributed by atoms with Gasteiger partial charge in [0.2, 0.25) is 0 Å². The van der Waals surface area contributed by atoms with Crippen molar-refractivity contribution >= 4 is 12.0 Å². The molecule has 0 radical (unpaired) electrons. The number of hydrogen-bond donors (Lipinski definition) is 3. The van der Waals surface area contributed by atoms with Gasteiger partial charge in [-0.1, -0.05) is 24.3 Å². The van der Waals surface area contributed by atoms with E-state index in [-0.39, 0.29) is 18.5 Å². The Kier molecular flexibility index (Phi) is 5.76. The number of urea groups is 1. The maximum atomic E-state index is 12.0. The molecule has 0 saturated carbocycles. The molecule has 3 N–H and O–H groups in total. The molecule has 23 heavy (non-hydrogen) atoms. The normalized spacial score (nSPS) is 15.7. The van der Waals surface area contributed by atoms with Crippen LogP contribution in [-0.4, -0.2) is 38.7 Å². The van der Waals surface area contributed by atoms with Gasteiger partial charge in [0.05, 0.1) is 31.5 Å². The van der Waals surface area contributed by atoms with Gasteiger partial charge in [-0.25, -0.2) is 9.59 Å². The van der Waals surface area contributed by atoms with Gasteiger partial charge < -0.3 is 20.3 Å². The number of benzene rings is 1. The van der Waals surface area contributed by atoms with Crippen molar-refractivity contribution in [3.8, 4) is 0 Å². The van der Waals surface area contributed by atoms with Gasteiger partial charge in [0, 0.05) is 5.56 Å². The van der Waals surface area contributed by atoms with Crippen LogP contribution in [0, 0.1) is 6.92 Å². The van der Waals surface area contributed by atoms with E-state index in [0.717, 1.165) is 6.54 Å². The number of amides is 2. The molecule has 0 saturated heterocycles. The van der Waals surface area contributed by atoms with E-state index in [4.69, 9.17) is 4.74 Å². The fraction of sp³-hybridized carbons (Fsp3) is 0.412. The predicted octanol–water partition coefficient (Wildman–Crippen LogP) is 0.140. The topological polar surface area (TPSA) is 71.9 Å². The molecule has 6 nitrogen and oxygen atoms in total. The standard InChI is InChI=1S/C17H23N3O3/c1-4-23-16(21)14-9-18-17(22)19-15(14)11-20(3)10-13-8-6-5-7-12(13)2/h5-8H,4,9-11H2,1-3H3,(H2,18,19,22)/p+1. The van der Waals surface area contributed by atoms with Crippen molar-refractivity contribution in [1.82, 2.24) is 10.6 Å². The van der Waals surface area contributed by atoms with Gasteiger partial charge in [-0.15, -0.1) is 0 Å². The van der Waals surface area contributed by atoms with Crippen LogP contribution in [0.25, 0.3) is 0 Å². The summed E-state index contributed by atoms with van der Waals surface area (Å²) in [4.78, 5) is 24.8. The average Bonchev–Trinajstić information content (AvgIpc) is 2.50. The Balaban J connectivity index is 2.11. The van der Waals surface area contributed by atoms with Crippen LogP contribution in [0.1, 0.15) is 18.1 Å². The van der Waals surface area contributed by atoms with E-state index in [2.05, 4.69) is 29.7 Å². The van der Waals surface area contributed by atoms with Crippen molar-refractivity contribution in [2.24, 2.45) is 0 Å². The summed E-state index contributed by atoms with van der Waals surface area (Å²) in [5.74, 6) is -0.376. The number of hydrogen-bond acceptors (Lipinski definition) is 3. The molecule has 124 valence electrons. The summed E-state index contributed by atoms with van der Waals surface area (Å²) >= 11 is 0. The number of quaternary nitrogens is 1. The summed E-state index contributed by atoms with van der Waals surface area (Å²) < 4.78 is 5.07. The molecule has 1 aromatic carbocycles. The molecular weight excluding hydrogens is 294 g/mol. The highest BCUT2D eigenvalue weighted by atomic mass is 16.5. The second-order valence-electron chi connectivity index (χ2n) is 5.72. The molecular formula is C17H24N3O3+. The summed E-state index contributed by atoms with van der Waals surface area (Å²) in [6.07, 6.45) is 0. The van der Waals surface area contributed by atoms with E-state index in [1.54, 1.807) is 6.92 Å². The van der Waals surface area contributed by atoms with Crippen LogP contribution in [0.3, 0.4) is 0 Å². The first-order valence-electron chi connectivity index (χ1n) is 7.81. The number of nitrogens with one attached hydrogen (secondary N) is 3. The highest BCUT2D eigenvalue weighted by Crippen LogP contribution is 2.08. The van der Waals surface area contributed by atoms with Gasteiger partial charge in [0.1, 0.15) is 13.1 Å². The number of esters is 1. The summed E-state index contributed by atoms with van der Waals surface area (Å²) in [6, 6.07) is 7.93. The van der Waals surface area contributed by atoms with Crippen molar-refractivity contribution in [2.45, 2.75) is 20.4 Å². The Hall–Kier alpha value is -2.34. The molecule has 0 aromatic heterocycles. The summed E-state index contributed by atoms with van der Waals surface area (Å²) in [7, 11) is 2.04. The minimum atomic E-state index is -0.376. The van der Waals surface area contributed by atoms with E-state index >= 15 is 0 Å². The van der Waals surface area contributed by atoms with Crippen LogP contribution in [0.2, 0.25) is 0 Å². The van der Waals surface area contributed by atoms with Gasteiger partial charge in [-0.2, -0.15) is 0 Å². The predicted molar refractivity (Wildman–Crippen MR) is 86.8 cm³/mol. The fourth-order valence-electron chi connectivity index (χ4n) is 2.59. The molecule has 1 aromatic rings. The molecule has 0 aliphatic carbocycles. The highest BCUT2D eigenvalue weighted by Gasteiger charge is 2.25. The molecule has 1 aliphatic heterocycles. The zero-order valence-corrected chi connectivity index (χ0v) is 13.9. The number of carbonyl (C=O) groups excluding carboxylic acids is 2. The molecule has 1 unspecified atom stereocenters. The first-order valence-corrected chi connectivity index (χ1v) is 7.81. The first kappa shape index (κ1) is 17.0. The largest absolute Gasteiger partial charge is 0.463 e. The molecule has 1 aliphatic rings. The lowest BCUT2D eigenvalue weighted by Crippen LogP contribution is -3.08. The smallest absolute Gasteiger partial charge is 0.337 e. The Morgan fingerprint density at radius 3 is 2.74 bits per heavy atom. The number of carbonyl (C=O) groups is 2. The second kappa shape index (κ2) is 7.78. The third-order valence-electron chi connectivity index (χ3n) is 3.81. The molecule has 0 bridgehead atoms. The Labute approximate surface area is 136 Å². The van der Waals surface area contributed by atoms with Crippen molar-refractivity contribution in [1.29, 1.82) is 0 Å². The fourth-order valence-corrected chi connectivity index (χ4v) is 2.59. The van der Waals surface area contributed by atoms with Crippen LogP contribution in [0.15, 0.2) is 35.5 Å². The quantitative estimate of drug-likeness (QED) is 0.654. The Bertz CT molecular complexity index is 625. The van der Waals surface area contributed by atoms with E-state index in [1.807, 2.05) is 19.2 Å². The van der Waals surface area contributed by atoms with Crippen LogP contribution in [0.4, 0.5) is 4.79 Å². The first-order chi connectivity index (χ1) is 11.0. The molecule has 0 fully saturated rings. The lowest BCUT2D eigenvalue weighted by molar-refractivity contribution is -0.889. The second-order valence-corrected chi connectivity index (χ2v) is 5.72. The minimum absolute atomic E-state index is 0.206. The van der Waals surface area contributed by atoms with Crippen molar-refractivity contribution < 1.29 is 19.2 Å². The van der Waals surface area contributed by atoms with Crippen molar-refractivity contribution in [3.63, 3.8) is 0 Å². The number of aryl methyl sites for hydroxylation is 1. The Morgan fingerprint density at radius 2 is 2.04 bits per heavy atom. The highest BCUT2D eigenvalue weighted by molar-refractivity contribution is 5.93. The summed E-state index contributed by atoms with van der Waals surface area (Å²) in [6.45, 7) is 5.74. The van der Waals surface area contributed by atoms with Gasteiger partial charge in [0.25, 0.3) is 0 Å². The lowest BCUT2D eigenvalue weighted by atomic mass is 10.1. The number of ether oxygens (including phenoxy) is 1. The molecule has 1 heterocycles. The average molecular weight is 318 g/mol. The zero-order valence-electron chi connectivity index (χ0n) is 13.9. The third-order valence-corrected chi connectivity index (χ3v) is 3.81. The number of likely N-dealkylation sites (N-methyl/N-ethyl adjacent to an activating group) is 1. The van der Waals surface area contributed by atoms with Crippen molar-refractivity contribution in [3.05, 3.63) is 46.7 Å². The molecule has 0 spiro atoms. The summed E-state index contributed by atoms with van der Waals surface area (Å²) in [5.41, 5.74) is 3.62. The van der Waals surface area contributed by atoms with Gasteiger partial charge in [0.15, 0.2) is 0 Å². The molecule has 1 atom stereocenters. The van der Waals surface area contributed by atoms with Gasteiger partial charge >= 0.3 is 12.0 Å². The monoisotopic (exact) mass is 318 g/mol. The lowest BCUT2D eigenvalue weighted by Gasteiger charge is -2.23. The molecule has 2 rings (SSSR count). The summed E-state index contributed by atoms with van der Waals surface area (Å²) in [5, 5.41) is 5.36. The SMILES string of the molecule is CCOC(=O)C1=C(C[NH+](C)Cc2ccccc2C)NC(=O)NC1. The maximum absolute atomic E-state index is 12.0. The van der Waals surface area contributed by atoms with Crippen LogP contribution in [0.5, 0.6) is 0 Å². The minimum Gasteiger partial charge on any atom is -0.463 e. The Morgan fingerprint density at radius 1 is 1.30 bits per heavy atom. The van der Waals surface area contributed by atoms with Crippen LogP contribution in [-0.2, 0) is 16.1 Å². The van der Waals surface area contributed by atoms with Crippen molar-refractivity contribution in [2.75, 3.05) is 26.7 Å². The third kappa shape index (κ3) is 4.56. The maximum Gasteiger partial charge on any atom is 0.337 e. The van der Waals surface area contributed by atoms with Gasteiger partial charge in [-0.05, 0) is 19.4 Å². The van der Waals surface area contributed by atoms with Crippen LogP contribution < -0.4 is 15.5 Å². The van der Waals surface area contributed by atoms with E-state index in [1.165, 1.54) is 16.0 Å². The molecule has 6 heteroatoms.